The zero-order chi connectivity index (χ0) is 21.5. The molecule has 156 valence electrons. The number of halogens is 1. The fourth-order valence-electron chi connectivity index (χ4n) is 3.53. The van der Waals surface area contributed by atoms with Crippen LogP contribution in [-0.4, -0.2) is 15.5 Å². The van der Waals surface area contributed by atoms with Crippen molar-refractivity contribution in [1.82, 2.24) is 9.55 Å². The number of carbonyl (C=O) groups is 1. The molecule has 3 aromatic rings. The molecule has 1 N–H and O–H groups in total. The summed E-state index contributed by atoms with van der Waals surface area (Å²) < 4.78 is 2.06. The first kappa shape index (κ1) is 21.8. The van der Waals surface area contributed by atoms with Gasteiger partial charge in [-0.25, -0.2) is 0 Å². The summed E-state index contributed by atoms with van der Waals surface area (Å²) in [7, 11) is 0. The molecule has 0 aliphatic carbocycles. The van der Waals surface area contributed by atoms with Crippen LogP contribution in [0.5, 0.6) is 0 Å². The van der Waals surface area contributed by atoms with E-state index in [1.807, 2.05) is 19.1 Å². The monoisotopic (exact) mass is 423 g/mol. The number of unbranched alkanes of at least 4 members (excludes halogenated alkanes) is 3. The number of hydrogen-bond acceptors (Lipinski definition) is 3. The topological polar surface area (TPSA) is 64.0 Å². The molecule has 1 aromatic carbocycles. The van der Waals surface area contributed by atoms with Crippen LogP contribution in [0.15, 0.2) is 59.7 Å². The molecular weight excluding hydrogens is 398 g/mol. The van der Waals surface area contributed by atoms with Crippen molar-refractivity contribution in [3.8, 4) is 11.3 Å². The normalized spacial score (nSPS) is 10.8. The number of amides is 1. The third kappa shape index (κ3) is 4.97. The molecule has 1 amide bonds. The van der Waals surface area contributed by atoms with Crippen molar-refractivity contribution in [3.05, 3.63) is 81.4 Å². The van der Waals surface area contributed by atoms with Gasteiger partial charge in [0.25, 0.3) is 5.91 Å². The molecule has 0 bridgehead atoms. The van der Waals surface area contributed by atoms with Crippen LogP contribution in [0.25, 0.3) is 11.3 Å². The van der Waals surface area contributed by atoms with E-state index in [4.69, 9.17) is 11.6 Å². The number of nitrogens with zero attached hydrogens (tertiary/aromatic N) is 2. The Bertz CT molecular complexity index is 1080. The first-order chi connectivity index (χ1) is 14.5. The van der Waals surface area contributed by atoms with E-state index >= 15 is 0 Å². The van der Waals surface area contributed by atoms with Gasteiger partial charge in [-0.2, -0.15) is 0 Å². The first-order valence-corrected chi connectivity index (χ1v) is 10.6. The Morgan fingerprint density at radius 3 is 2.53 bits per heavy atom. The minimum absolute atomic E-state index is 0.113. The molecule has 2 heterocycles. The predicted octanol–water partition coefficient (Wildman–Crippen LogP) is 5.70. The second kappa shape index (κ2) is 10.2. The van der Waals surface area contributed by atoms with E-state index in [0.717, 1.165) is 43.5 Å². The van der Waals surface area contributed by atoms with Gasteiger partial charge in [0.1, 0.15) is 5.56 Å². The van der Waals surface area contributed by atoms with Crippen molar-refractivity contribution < 1.29 is 4.79 Å². The molecule has 0 spiro atoms. The molecule has 0 atom stereocenters. The highest BCUT2D eigenvalue weighted by Gasteiger charge is 2.22. The number of pyridine rings is 2. The van der Waals surface area contributed by atoms with Gasteiger partial charge >= 0.3 is 0 Å². The Morgan fingerprint density at radius 2 is 1.83 bits per heavy atom. The van der Waals surface area contributed by atoms with Crippen LogP contribution >= 0.6 is 11.6 Å². The predicted molar refractivity (Wildman–Crippen MR) is 122 cm³/mol. The zero-order valence-corrected chi connectivity index (χ0v) is 18.1. The number of carbonyl (C=O) groups excluding carboxylic acids is 1. The van der Waals surface area contributed by atoms with Gasteiger partial charge in [0.05, 0.1) is 16.4 Å². The second-order valence-corrected chi connectivity index (χ2v) is 7.66. The first-order valence-electron chi connectivity index (χ1n) is 10.2. The van der Waals surface area contributed by atoms with E-state index in [0.29, 0.717) is 16.4 Å². The van der Waals surface area contributed by atoms with Crippen LogP contribution in [0.1, 0.15) is 48.7 Å². The second-order valence-electron chi connectivity index (χ2n) is 7.26. The van der Waals surface area contributed by atoms with E-state index in [1.54, 1.807) is 36.7 Å². The van der Waals surface area contributed by atoms with Gasteiger partial charge in [-0.3, -0.25) is 14.6 Å². The molecule has 0 aliphatic heterocycles. The minimum atomic E-state index is -0.470. The molecule has 6 heteroatoms. The average Bonchev–Trinajstić information content (AvgIpc) is 2.74. The maximum absolute atomic E-state index is 13.2. The molecule has 30 heavy (non-hydrogen) atoms. The maximum Gasteiger partial charge on any atom is 0.261 e. The summed E-state index contributed by atoms with van der Waals surface area (Å²) in [6, 6.07) is 12.2. The Morgan fingerprint density at radius 1 is 1.10 bits per heavy atom. The smallest absolute Gasteiger partial charge is 0.261 e. The van der Waals surface area contributed by atoms with Gasteiger partial charge in [-0.1, -0.05) is 49.9 Å². The molecule has 3 rings (SSSR count). The van der Waals surface area contributed by atoms with Crippen LogP contribution in [0, 0.1) is 6.92 Å². The number of nitrogens with one attached hydrogen (secondary N) is 1. The summed E-state index contributed by atoms with van der Waals surface area (Å²) in [6.07, 6.45) is 7.70. The van der Waals surface area contributed by atoms with Crippen LogP contribution in [0.3, 0.4) is 0 Å². The van der Waals surface area contributed by atoms with Crippen molar-refractivity contribution >= 4 is 23.2 Å². The number of aryl methyl sites for hydroxylation is 1. The van der Waals surface area contributed by atoms with E-state index in [-0.39, 0.29) is 11.0 Å². The number of anilines is 1. The van der Waals surface area contributed by atoms with Crippen molar-refractivity contribution in [1.29, 1.82) is 0 Å². The summed E-state index contributed by atoms with van der Waals surface area (Å²) in [4.78, 5) is 30.3. The van der Waals surface area contributed by atoms with Gasteiger partial charge in [-0.15, -0.1) is 0 Å². The Hall–Kier alpha value is -2.92. The van der Waals surface area contributed by atoms with Crippen molar-refractivity contribution in [2.75, 3.05) is 5.32 Å². The highest BCUT2D eigenvalue weighted by molar-refractivity contribution is 6.34. The summed E-state index contributed by atoms with van der Waals surface area (Å²) in [6.45, 7) is 4.81. The maximum atomic E-state index is 13.2. The third-order valence-electron chi connectivity index (χ3n) is 5.06. The van der Waals surface area contributed by atoms with E-state index in [2.05, 4.69) is 21.8 Å². The zero-order valence-electron chi connectivity index (χ0n) is 17.3. The number of benzene rings is 1. The lowest BCUT2D eigenvalue weighted by molar-refractivity contribution is 0.102. The minimum Gasteiger partial charge on any atom is -0.344 e. The summed E-state index contributed by atoms with van der Waals surface area (Å²) in [5.74, 6) is -0.470. The highest BCUT2D eigenvalue weighted by atomic mass is 35.5. The third-order valence-corrected chi connectivity index (χ3v) is 5.39. The molecule has 5 nitrogen and oxygen atoms in total. The molecule has 0 unspecified atom stereocenters. The van der Waals surface area contributed by atoms with Crippen LogP contribution in [0.4, 0.5) is 5.69 Å². The lowest BCUT2D eigenvalue weighted by Crippen LogP contribution is -2.27. The molecule has 0 saturated heterocycles. The Labute approximate surface area is 181 Å². The molecule has 0 fully saturated rings. The fourth-order valence-corrected chi connectivity index (χ4v) is 3.71. The van der Waals surface area contributed by atoms with Crippen LogP contribution in [-0.2, 0) is 6.54 Å². The van der Waals surface area contributed by atoms with Gasteiger partial charge < -0.3 is 9.88 Å². The Balaban J connectivity index is 2.10. The quantitative estimate of drug-likeness (QED) is 0.472. The van der Waals surface area contributed by atoms with Gasteiger partial charge in [0, 0.05) is 36.3 Å². The summed E-state index contributed by atoms with van der Waals surface area (Å²) in [5, 5.41) is 3.22. The van der Waals surface area contributed by atoms with Crippen molar-refractivity contribution in [2.45, 2.75) is 46.1 Å². The average molecular weight is 424 g/mol. The lowest BCUT2D eigenvalue weighted by atomic mass is 10.0. The number of rotatable bonds is 8. The Kier molecular flexibility index (Phi) is 7.41. The summed E-state index contributed by atoms with van der Waals surface area (Å²) in [5.41, 5.74) is 2.50. The number of para-hydroxylation sites is 1. The van der Waals surface area contributed by atoms with Crippen molar-refractivity contribution in [3.63, 3.8) is 0 Å². The molecule has 0 saturated carbocycles. The van der Waals surface area contributed by atoms with E-state index in [1.165, 1.54) is 6.07 Å². The molecule has 0 radical (unpaired) electrons. The van der Waals surface area contributed by atoms with E-state index < -0.39 is 5.91 Å². The van der Waals surface area contributed by atoms with Gasteiger partial charge in [-0.05, 0) is 37.6 Å². The molecule has 2 aromatic heterocycles. The molecular formula is C24H26ClN3O2. The van der Waals surface area contributed by atoms with Crippen LogP contribution in [0.2, 0.25) is 5.02 Å². The summed E-state index contributed by atoms with van der Waals surface area (Å²) >= 11 is 6.20. The SMILES string of the molecule is CCCCCCn1c(C)cc(=O)c(C(=O)Nc2ccccc2Cl)c1-c1ccncc1. The fraction of sp³-hybridized carbons (Fsp3) is 0.292. The molecule has 0 aliphatic rings. The largest absolute Gasteiger partial charge is 0.344 e. The number of hydrogen-bond donors (Lipinski definition) is 1. The van der Waals surface area contributed by atoms with E-state index in [9.17, 15) is 9.59 Å². The lowest BCUT2D eigenvalue weighted by Gasteiger charge is -2.20. The highest BCUT2D eigenvalue weighted by Crippen LogP contribution is 2.26. The number of aromatic nitrogens is 2. The van der Waals surface area contributed by atoms with Crippen LogP contribution < -0.4 is 10.7 Å². The van der Waals surface area contributed by atoms with Crippen molar-refractivity contribution in [2.24, 2.45) is 0 Å². The van der Waals surface area contributed by atoms with Gasteiger partial charge in [0.15, 0.2) is 5.43 Å². The standard InChI is InChI=1S/C24H26ClN3O2/c1-3-4-5-8-15-28-17(2)16-21(29)22(23(28)18-11-13-26-14-12-18)24(30)27-20-10-7-6-9-19(20)25/h6-7,9-14,16H,3-5,8,15H2,1-2H3,(H,27,30). The van der Waals surface area contributed by atoms with Gasteiger partial charge in [0.2, 0.25) is 0 Å².